The molecule has 2 heterocycles. The van der Waals surface area contributed by atoms with Gasteiger partial charge in [-0.3, -0.25) is 18.7 Å². The maximum atomic E-state index is 13.2. The first kappa shape index (κ1) is 22.8. The van der Waals surface area contributed by atoms with Crippen molar-refractivity contribution >= 4 is 39.1 Å². The van der Waals surface area contributed by atoms with E-state index in [2.05, 4.69) is 5.32 Å². The summed E-state index contributed by atoms with van der Waals surface area (Å²) in [7, 11) is 1.59. The summed E-state index contributed by atoms with van der Waals surface area (Å²) in [5, 5.41) is 5.22. The average molecular weight is 484 g/mol. The Kier molecular flexibility index (Phi) is 6.96. The molecule has 1 amide bonds. The van der Waals surface area contributed by atoms with Gasteiger partial charge in [0.1, 0.15) is 10.4 Å². The molecule has 0 aliphatic carbocycles. The van der Waals surface area contributed by atoms with E-state index in [1.54, 1.807) is 35.3 Å². The number of methoxy groups -OCH3 is 1. The van der Waals surface area contributed by atoms with Crippen molar-refractivity contribution in [2.45, 2.75) is 26.1 Å². The van der Waals surface area contributed by atoms with Gasteiger partial charge in [-0.05, 0) is 46.8 Å². The first-order valence-electron chi connectivity index (χ1n) is 10.3. The largest absolute Gasteiger partial charge is 0.497 e. The maximum absolute atomic E-state index is 13.2. The molecule has 0 atom stereocenters. The molecule has 0 saturated heterocycles. The Bertz CT molecular complexity index is 1390. The zero-order valence-corrected chi connectivity index (χ0v) is 19.5. The first-order valence-corrected chi connectivity index (χ1v) is 11.6. The smallest absolute Gasteiger partial charge is 0.331 e. The van der Waals surface area contributed by atoms with Crippen LogP contribution in [0.25, 0.3) is 10.2 Å². The lowest BCUT2D eigenvalue weighted by Gasteiger charge is -2.12. The molecule has 4 aromatic rings. The van der Waals surface area contributed by atoms with E-state index in [1.807, 2.05) is 36.4 Å². The highest BCUT2D eigenvalue weighted by Gasteiger charge is 2.15. The summed E-state index contributed by atoms with van der Waals surface area (Å²) in [4.78, 5) is 38.5. The summed E-state index contributed by atoms with van der Waals surface area (Å²) < 4.78 is 8.32. The van der Waals surface area contributed by atoms with Crippen molar-refractivity contribution in [1.29, 1.82) is 0 Å². The highest BCUT2D eigenvalue weighted by atomic mass is 35.5. The van der Waals surface area contributed by atoms with E-state index in [0.717, 1.165) is 21.4 Å². The van der Waals surface area contributed by atoms with Crippen molar-refractivity contribution < 1.29 is 9.53 Å². The summed E-state index contributed by atoms with van der Waals surface area (Å²) in [6.45, 7) is 0.649. The van der Waals surface area contributed by atoms with Crippen LogP contribution >= 0.6 is 22.9 Å². The third kappa shape index (κ3) is 5.18. The van der Waals surface area contributed by atoms with E-state index in [-0.39, 0.29) is 24.4 Å². The summed E-state index contributed by atoms with van der Waals surface area (Å²) in [5.41, 5.74) is 1.58. The van der Waals surface area contributed by atoms with Crippen LogP contribution in [0.2, 0.25) is 5.02 Å². The minimum Gasteiger partial charge on any atom is -0.497 e. The van der Waals surface area contributed by atoms with Crippen LogP contribution in [0.15, 0.2) is 69.6 Å². The van der Waals surface area contributed by atoms with Gasteiger partial charge in [-0.2, -0.15) is 0 Å². The van der Waals surface area contributed by atoms with E-state index >= 15 is 0 Å². The van der Waals surface area contributed by atoms with Crippen molar-refractivity contribution in [3.63, 3.8) is 0 Å². The number of benzene rings is 2. The first-order chi connectivity index (χ1) is 16.0. The highest BCUT2D eigenvalue weighted by molar-refractivity contribution is 7.17. The summed E-state index contributed by atoms with van der Waals surface area (Å²) >= 11 is 7.25. The predicted molar refractivity (Wildman–Crippen MR) is 130 cm³/mol. The zero-order chi connectivity index (χ0) is 23.4. The average Bonchev–Trinajstić information content (AvgIpc) is 3.32. The number of hydrogen-bond donors (Lipinski definition) is 1. The Morgan fingerprint density at radius 3 is 2.39 bits per heavy atom. The van der Waals surface area contributed by atoms with E-state index in [1.165, 1.54) is 11.3 Å². The van der Waals surface area contributed by atoms with Gasteiger partial charge >= 0.3 is 5.69 Å². The Hall–Kier alpha value is -3.36. The van der Waals surface area contributed by atoms with Crippen molar-refractivity contribution in [2.24, 2.45) is 0 Å². The molecular weight excluding hydrogens is 462 g/mol. The molecule has 0 radical (unpaired) electrons. The second-order valence-corrected chi connectivity index (χ2v) is 8.81. The zero-order valence-electron chi connectivity index (χ0n) is 17.9. The van der Waals surface area contributed by atoms with Crippen LogP contribution in [-0.2, 0) is 24.4 Å². The van der Waals surface area contributed by atoms with Gasteiger partial charge in [-0.15, -0.1) is 11.3 Å². The lowest BCUT2D eigenvalue weighted by Crippen LogP contribution is -2.40. The Balaban J connectivity index is 1.51. The molecule has 2 aromatic heterocycles. The standard InChI is InChI=1S/C24H22ClN3O4S/c1-32-19-8-4-16(5-9-19)14-26-21(29)10-12-27-23(30)22-20(11-13-33-22)28(24(27)31)15-17-2-6-18(25)7-3-17/h2-9,11,13H,10,12,14-15H2,1H3,(H,26,29). The van der Waals surface area contributed by atoms with E-state index in [4.69, 9.17) is 16.3 Å². The van der Waals surface area contributed by atoms with Crippen LogP contribution in [0.3, 0.4) is 0 Å². The number of halogens is 1. The van der Waals surface area contributed by atoms with Crippen LogP contribution in [0.4, 0.5) is 0 Å². The minimum absolute atomic E-state index is 0.000566. The van der Waals surface area contributed by atoms with Crippen molar-refractivity contribution in [3.8, 4) is 5.75 Å². The molecule has 0 aliphatic heterocycles. The molecule has 33 heavy (non-hydrogen) atoms. The monoisotopic (exact) mass is 483 g/mol. The number of amides is 1. The lowest BCUT2D eigenvalue weighted by atomic mass is 10.2. The molecule has 0 aliphatic rings. The maximum Gasteiger partial charge on any atom is 0.331 e. The fourth-order valence-corrected chi connectivity index (χ4v) is 4.47. The molecule has 9 heteroatoms. The number of rotatable bonds is 8. The molecule has 2 aromatic carbocycles. The van der Waals surface area contributed by atoms with Crippen LogP contribution < -0.4 is 21.3 Å². The Morgan fingerprint density at radius 1 is 1.00 bits per heavy atom. The number of hydrogen-bond acceptors (Lipinski definition) is 5. The number of carbonyl (C=O) groups is 1. The third-order valence-electron chi connectivity index (χ3n) is 5.30. The van der Waals surface area contributed by atoms with Crippen molar-refractivity contribution in [1.82, 2.24) is 14.5 Å². The molecular formula is C24H22ClN3O4S. The van der Waals surface area contributed by atoms with Gasteiger partial charge in [0.15, 0.2) is 0 Å². The number of nitrogens with zero attached hydrogens (tertiary/aromatic N) is 2. The molecule has 4 rings (SSSR count). The van der Waals surface area contributed by atoms with E-state index in [0.29, 0.717) is 28.3 Å². The van der Waals surface area contributed by atoms with Crippen LogP contribution in [-0.4, -0.2) is 22.2 Å². The van der Waals surface area contributed by atoms with Gasteiger partial charge in [0.25, 0.3) is 5.56 Å². The minimum atomic E-state index is -0.441. The summed E-state index contributed by atoms with van der Waals surface area (Å²) in [6, 6.07) is 16.3. The fourth-order valence-electron chi connectivity index (χ4n) is 3.50. The van der Waals surface area contributed by atoms with Crippen molar-refractivity contribution in [3.05, 3.63) is 97.0 Å². The second kappa shape index (κ2) is 10.1. The van der Waals surface area contributed by atoms with Gasteiger partial charge in [-0.25, -0.2) is 4.79 Å². The Labute approximate surface area is 198 Å². The van der Waals surface area contributed by atoms with Gasteiger partial charge < -0.3 is 10.1 Å². The number of thiophene rings is 1. The quantitative estimate of drug-likeness (QED) is 0.415. The number of fused-ring (bicyclic) bond motifs is 1. The molecule has 0 spiro atoms. The third-order valence-corrected chi connectivity index (χ3v) is 6.45. The number of aromatic nitrogens is 2. The highest BCUT2D eigenvalue weighted by Crippen LogP contribution is 2.17. The molecule has 1 N–H and O–H groups in total. The van der Waals surface area contributed by atoms with Crippen LogP contribution in [0, 0.1) is 0 Å². The normalized spacial score (nSPS) is 11.0. The molecule has 170 valence electrons. The van der Waals surface area contributed by atoms with Gasteiger partial charge in [0.2, 0.25) is 5.91 Å². The number of ether oxygens (including phenoxy) is 1. The molecule has 0 saturated carbocycles. The Morgan fingerprint density at radius 2 is 1.70 bits per heavy atom. The summed E-state index contributed by atoms with van der Waals surface area (Å²) in [6.07, 6.45) is 0.0170. The van der Waals surface area contributed by atoms with Gasteiger partial charge in [0, 0.05) is 24.5 Å². The number of carbonyl (C=O) groups excluding carboxylic acids is 1. The topological polar surface area (TPSA) is 82.3 Å². The molecule has 0 fully saturated rings. The van der Waals surface area contributed by atoms with Crippen LogP contribution in [0.5, 0.6) is 5.75 Å². The lowest BCUT2D eigenvalue weighted by molar-refractivity contribution is -0.121. The van der Waals surface area contributed by atoms with Gasteiger partial charge in [-0.1, -0.05) is 35.9 Å². The molecule has 0 unspecified atom stereocenters. The van der Waals surface area contributed by atoms with Gasteiger partial charge in [0.05, 0.1) is 19.2 Å². The fraction of sp³-hybridized carbons (Fsp3) is 0.208. The van der Waals surface area contributed by atoms with E-state index in [9.17, 15) is 14.4 Å². The van der Waals surface area contributed by atoms with E-state index < -0.39 is 5.69 Å². The van der Waals surface area contributed by atoms with Crippen LogP contribution in [0.1, 0.15) is 17.5 Å². The van der Waals surface area contributed by atoms with Crippen molar-refractivity contribution in [2.75, 3.05) is 7.11 Å². The second-order valence-electron chi connectivity index (χ2n) is 7.46. The number of nitrogens with one attached hydrogen (secondary N) is 1. The predicted octanol–water partition coefficient (Wildman–Crippen LogP) is 3.64. The molecule has 7 nitrogen and oxygen atoms in total. The SMILES string of the molecule is COc1ccc(CNC(=O)CCn2c(=O)c3sccc3n(Cc3ccc(Cl)cc3)c2=O)cc1. The molecule has 0 bridgehead atoms. The summed E-state index contributed by atoms with van der Waals surface area (Å²) in [5.74, 6) is 0.496.